The van der Waals surface area contributed by atoms with Crippen molar-refractivity contribution in [3.05, 3.63) is 29.8 Å². The van der Waals surface area contributed by atoms with Gasteiger partial charge in [-0.3, -0.25) is 4.79 Å². The molecule has 2 rings (SSSR count). The lowest BCUT2D eigenvalue weighted by Gasteiger charge is -2.10. The summed E-state index contributed by atoms with van der Waals surface area (Å²) in [5.41, 5.74) is 2.13. The molecule has 1 fully saturated rings. The summed E-state index contributed by atoms with van der Waals surface area (Å²) in [6.45, 7) is 2.59. The second kappa shape index (κ2) is 4.68. The standard InChI is InChI=1S/C11H14N2OS/c1-8(14)13-10-4-2-9(3-5-10)11-12-6-7-15-11/h2-5,11-12H,6-7H2,1H3,(H,13,14)/t11-/m1/s1. The Morgan fingerprint density at radius 2 is 2.20 bits per heavy atom. The Hall–Kier alpha value is -1.00. The van der Waals surface area contributed by atoms with E-state index in [-0.39, 0.29) is 5.91 Å². The summed E-state index contributed by atoms with van der Waals surface area (Å²) in [6.07, 6.45) is 0. The van der Waals surface area contributed by atoms with Crippen LogP contribution >= 0.6 is 11.8 Å². The van der Waals surface area contributed by atoms with E-state index in [9.17, 15) is 4.79 Å². The molecule has 2 N–H and O–H groups in total. The number of hydrogen-bond donors (Lipinski definition) is 2. The van der Waals surface area contributed by atoms with Crippen molar-refractivity contribution in [1.82, 2.24) is 5.32 Å². The maximum absolute atomic E-state index is 10.8. The summed E-state index contributed by atoms with van der Waals surface area (Å²) in [5, 5.41) is 6.58. The van der Waals surface area contributed by atoms with Gasteiger partial charge in [-0.15, -0.1) is 11.8 Å². The molecule has 80 valence electrons. The van der Waals surface area contributed by atoms with Gasteiger partial charge in [0, 0.05) is 24.9 Å². The lowest BCUT2D eigenvalue weighted by Crippen LogP contribution is -2.12. The molecule has 3 nitrogen and oxygen atoms in total. The summed E-state index contributed by atoms with van der Waals surface area (Å²) in [7, 11) is 0. The number of rotatable bonds is 2. The molecule has 1 aliphatic rings. The summed E-state index contributed by atoms with van der Waals surface area (Å²) >= 11 is 1.92. The van der Waals surface area contributed by atoms with Gasteiger partial charge < -0.3 is 10.6 Å². The van der Waals surface area contributed by atoms with Crippen molar-refractivity contribution >= 4 is 23.4 Å². The fourth-order valence-corrected chi connectivity index (χ4v) is 2.64. The van der Waals surface area contributed by atoms with Crippen molar-refractivity contribution in [2.75, 3.05) is 17.6 Å². The maximum atomic E-state index is 10.8. The van der Waals surface area contributed by atoms with Gasteiger partial charge in [-0.05, 0) is 17.7 Å². The number of amides is 1. The fourth-order valence-electron chi connectivity index (χ4n) is 1.58. The molecule has 0 saturated carbocycles. The van der Waals surface area contributed by atoms with E-state index in [0.29, 0.717) is 5.37 Å². The third-order valence-electron chi connectivity index (χ3n) is 2.25. The first-order chi connectivity index (χ1) is 7.25. The molecule has 0 bridgehead atoms. The predicted octanol–water partition coefficient (Wildman–Crippen LogP) is 1.98. The van der Waals surface area contributed by atoms with Crippen LogP contribution in [0.25, 0.3) is 0 Å². The normalized spacial score (nSPS) is 20.2. The molecule has 0 aromatic heterocycles. The average molecular weight is 222 g/mol. The van der Waals surface area contributed by atoms with Crippen molar-refractivity contribution in [2.45, 2.75) is 12.3 Å². The number of carbonyl (C=O) groups excluding carboxylic acids is 1. The maximum Gasteiger partial charge on any atom is 0.221 e. The second-order valence-electron chi connectivity index (χ2n) is 3.51. The predicted molar refractivity (Wildman–Crippen MR) is 63.9 cm³/mol. The molecule has 1 aromatic rings. The number of thioether (sulfide) groups is 1. The van der Waals surface area contributed by atoms with Crippen LogP contribution in [0.3, 0.4) is 0 Å². The average Bonchev–Trinajstić information content (AvgIpc) is 2.71. The van der Waals surface area contributed by atoms with Crippen LogP contribution in [0.15, 0.2) is 24.3 Å². The smallest absolute Gasteiger partial charge is 0.221 e. The van der Waals surface area contributed by atoms with Crippen molar-refractivity contribution in [1.29, 1.82) is 0 Å². The molecule has 4 heteroatoms. The highest BCUT2D eigenvalue weighted by Gasteiger charge is 2.15. The zero-order valence-corrected chi connectivity index (χ0v) is 9.43. The Morgan fingerprint density at radius 1 is 1.47 bits per heavy atom. The van der Waals surface area contributed by atoms with Crippen molar-refractivity contribution in [2.24, 2.45) is 0 Å². The quantitative estimate of drug-likeness (QED) is 0.804. The summed E-state index contributed by atoms with van der Waals surface area (Å²) in [4.78, 5) is 10.8. The van der Waals surface area contributed by atoms with Crippen LogP contribution in [0.4, 0.5) is 5.69 Å². The Kier molecular flexibility index (Phi) is 3.28. The number of benzene rings is 1. The van der Waals surface area contributed by atoms with E-state index in [1.807, 2.05) is 23.9 Å². The van der Waals surface area contributed by atoms with E-state index < -0.39 is 0 Å². The van der Waals surface area contributed by atoms with Crippen LogP contribution in [-0.4, -0.2) is 18.2 Å². The van der Waals surface area contributed by atoms with E-state index in [4.69, 9.17) is 0 Å². The van der Waals surface area contributed by atoms with Crippen LogP contribution in [0.5, 0.6) is 0 Å². The molecule has 1 amide bonds. The topological polar surface area (TPSA) is 41.1 Å². The monoisotopic (exact) mass is 222 g/mol. The first kappa shape index (κ1) is 10.5. The van der Waals surface area contributed by atoms with Gasteiger partial charge in [0.05, 0.1) is 5.37 Å². The lowest BCUT2D eigenvalue weighted by molar-refractivity contribution is -0.114. The van der Waals surface area contributed by atoms with Gasteiger partial charge in [0.15, 0.2) is 0 Å². The Bertz CT molecular complexity index is 344. The van der Waals surface area contributed by atoms with Crippen molar-refractivity contribution in [3.63, 3.8) is 0 Å². The van der Waals surface area contributed by atoms with Crippen molar-refractivity contribution < 1.29 is 4.79 Å². The zero-order valence-electron chi connectivity index (χ0n) is 8.62. The van der Waals surface area contributed by atoms with Crippen LogP contribution in [0, 0.1) is 0 Å². The van der Waals surface area contributed by atoms with Gasteiger partial charge in [0.1, 0.15) is 0 Å². The minimum absolute atomic E-state index is 0.0314. The molecule has 1 heterocycles. The van der Waals surface area contributed by atoms with Crippen LogP contribution in [-0.2, 0) is 4.79 Å². The molecule has 0 spiro atoms. The molecule has 1 aromatic carbocycles. The largest absolute Gasteiger partial charge is 0.326 e. The minimum atomic E-state index is -0.0314. The summed E-state index contributed by atoms with van der Waals surface area (Å²) < 4.78 is 0. The highest BCUT2D eigenvalue weighted by molar-refractivity contribution is 7.99. The van der Waals surface area contributed by atoms with Crippen LogP contribution in [0.1, 0.15) is 17.9 Å². The lowest BCUT2D eigenvalue weighted by atomic mass is 10.2. The van der Waals surface area contributed by atoms with E-state index in [0.717, 1.165) is 18.0 Å². The highest BCUT2D eigenvalue weighted by atomic mass is 32.2. The number of carbonyl (C=O) groups is 1. The fraction of sp³-hybridized carbons (Fsp3) is 0.364. The molecule has 0 aliphatic carbocycles. The van der Waals surface area contributed by atoms with E-state index in [2.05, 4.69) is 22.8 Å². The highest BCUT2D eigenvalue weighted by Crippen LogP contribution is 2.30. The van der Waals surface area contributed by atoms with Gasteiger partial charge in [-0.2, -0.15) is 0 Å². The first-order valence-corrected chi connectivity index (χ1v) is 6.03. The molecule has 0 unspecified atom stereocenters. The summed E-state index contributed by atoms with van der Waals surface area (Å²) in [6, 6.07) is 8.00. The molecule has 15 heavy (non-hydrogen) atoms. The van der Waals surface area contributed by atoms with Gasteiger partial charge in [-0.25, -0.2) is 0 Å². The zero-order chi connectivity index (χ0) is 10.7. The molecule has 1 saturated heterocycles. The molecule has 0 radical (unpaired) electrons. The van der Waals surface area contributed by atoms with E-state index in [1.165, 1.54) is 12.5 Å². The van der Waals surface area contributed by atoms with E-state index >= 15 is 0 Å². The molecule has 1 aliphatic heterocycles. The minimum Gasteiger partial charge on any atom is -0.326 e. The number of nitrogens with one attached hydrogen (secondary N) is 2. The van der Waals surface area contributed by atoms with Gasteiger partial charge in [0.2, 0.25) is 5.91 Å². The van der Waals surface area contributed by atoms with Crippen LogP contribution < -0.4 is 10.6 Å². The molecular weight excluding hydrogens is 208 g/mol. The third kappa shape index (κ3) is 2.73. The Balaban J connectivity index is 2.06. The third-order valence-corrected chi connectivity index (χ3v) is 3.46. The number of hydrogen-bond acceptors (Lipinski definition) is 3. The van der Waals surface area contributed by atoms with Gasteiger partial charge in [-0.1, -0.05) is 12.1 Å². The van der Waals surface area contributed by atoms with Crippen LogP contribution in [0.2, 0.25) is 0 Å². The first-order valence-electron chi connectivity index (χ1n) is 4.98. The van der Waals surface area contributed by atoms with E-state index in [1.54, 1.807) is 0 Å². The Labute approximate surface area is 93.6 Å². The van der Waals surface area contributed by atoms with Crippen molar-refractivity contribution in [3.8, 4) is 0 Å². The van der Waals surface area contributed by atoms with Gasteiger partial charge in [0.25, 0.3) is 0 Å². The SMILES string of the molecule is CC(=O)Nc1ccc([C@@H]2NCCS2)cc1. The Morgan fingerprint density at radius 3 is 2.73 bits per heavy atom. The van der Waals surface area contributed by atoms with Gasteiger partial charge >= 0.3 is 0 Å². The number of anilines is 1. The second-order valence-corrected chi connectivity index (χ2v) is 4.72. The summed E-state index contributed by atoms with van der Waals surface area (Å²) in [5.74, 6) is 1.13. The molecule has 1 atom stereocenters. The molecular formula is C11H14N2OS.